The fraction of sp³-hybridized carbons (Fsp3) is 0.316. The largest absolute Gasteiger partial charge is 0.462 e. The molecule has 1 aromatic carbocycles. The molecule has 0 aliphatic heterocycles. The fourth-order valence-electron chi connectivity index (χ4n) is 2.99. The molecule has 0 saturated carbocycles. The molecule has 0 radical (unpaired) electrons. The lowest BCUT2D eigenvalue weighted by atomic mass is 10.1. The number of benzene rings is 1. The lowest BCUT2D eigenvalue weighted by Crippen LogP contribution is -2.22. The van der Waals surface area contributed by atoms with Crippen LogP contribution in [0.15, 0.2) is 12.1 Å². The second kappa shape index (κ2) is 9.34. The first-order chi connectivity index (χ1) is 13.8. The summed E-state index contributed by atoms with van der Waals surface area (Å²) >= 11 is 19.2. The van der Waals surface area contributed by atoms with Crippen LogP contribution < -0.4 is 5.32 Å². The van der Waals surface area contributed by atoms with Gasteiger partial charge in [0.2, 0.25) is 0 Å². The number of aryl methyl sites for hydroxylation is 1. The number of esters is 2. The van der Waals surface area contributed by atoms with Gasteiger partial charge in [-0.2, -0.15) is 0 Å². The van der Waals surface area contributed by atoms with Crippen molar-refractivity contribution >= 4 is 69.0 Å². The molecule has 10 heteroatoms. The fourth-order valence-corrected chi connectivity index (χ4v) is 4.97. The molecule has 0 bridgehead atoms. The predicted molar refractivity (Wildman–Crippen MR) is 113 cm³/mol. The Balaban J connectivity index is 1.70. The van der Waals surface area contributed by atoms with E-state index in [2.05, 4.69) is 5.32 Å². The second-order valence-corrected chi connectivity index (χ2v) is 8.42. The third kappa shape index (κ3) is 4.69. The Kier molecular flexibility index (Phi) is 7.05. The van der Waals surface area contributed by atoms with Crippen molar-refractivity contribution in [2.24, 2.45) is 0 Å². The molecule has 0 fully saturated rings. The van der Waals surface area contributed by atoms with Gasteiger partial charge in [0, 0.05) is 4.88 Å². The molecule has 3 rings (SSSR count). The van der Waals surface area contributed by atoms with Crippen LogP contribution >= 0.6 is 46.1 Å². The van der Waals surface area contributed by atoms with E-state index in [0.717, 1.165) is 29.7 Å². The highest BCUT2D eigenvalue weighted by Crippen LogP contribution is 2.39. The zero-order valence-electron chi connectivity index (χ0n) is 15.3. The van der Waals surface area contributed by atoms with E-state index >= 15 is 0 Å². The van der Waals surface area contributed by atoms with Crippen molar-refractivity contribution in [3.8, 4) is 0 Å². The summed E-state index contributed by atoms with van der Waals surface area (Å²) in [6.07, 6.45) is 2.57. The monoisotopic (exact) mass is 475 g/mol. The minimum atomic E-state index is -0.878. The third-order valence-corrected chi connectivity index (χ3v) is 6.56. The van der Waals surface area contributed by atoms with E-state index < -0.39 is 24.5 Å². The molecule has 0 spiro atoms. The van der Waals surface area contributed by atoms with Crippen LogP contribution in [0.25, 0.3) is 0 Å². The molecule has 29 heavy (non-hydrogen) atoms. The van der Waals surface area contributed by atoms with E-state index in [1.54, 1.807) is 6.92 Å². The zero-order chi connectivity index (χ0) is 21.1. The maximum Gasteiger partial charge on any atom is 0.341 e. The van der Waals surface area contributed by atoms with Gasteiger partial charge in [-0.25, -0.2) is 9.59 Å². The number of nitrogens with one attached hydrogen (secondary N) is 1. The van der Waals surface area contributed by atoms with Crippen molar-refractivity contribution in [1.82, 2.24) is 0 Å². The van der Waals surface area contributed by atoms with Crippen molar-refractivity contribution in [2.75, 3.05) is 18.5 Å². The summed E-state index contributed by atoms with van der Waals surface area (Å²) in [5, 5.41) is 3.18. The van der Waals surface area contributed by atoms with Crippen LogP contribution in [0, 0.1) is 0 Å². The Bertz CT molecular complexity index is 989. The maximum absolute atomic E-state index is 12.3. The van der Waals surface area contributed by atoms with Crippen LogP contribution in [0.5, 0.6) is 0 Å². The zero-order valence-corrected chi connectivity index (χ0v) is 18.4. The van der Waals surface area contributed by atoms with E-state index in [1.807, 2.05) is 0 Å². The molecule has 1 aliphatic carbocycles. The standard InChI is InChI=1S/C19H16Cl3NO5S/c1-2-27-18(25)14-9-4-3-5-12(9)29-17(14)23-13(24)8-28-19(26)15-10(20)6-7-11(21)16(15)22/h6-7H,2-5,8H2,1H3,(H,23,24). The molecule has 1 amide bonds. The van der Waals surface area contributed by atoms with Gasteiger partial charge >= 0.3 is 11.9 Å². The molecule has 1 heterocycles. The van der Waals surface area contributed by atoms with Crippen molar-refractivity contribution < 1.29 is 23.9 Å². The number of rotatable bonds is 6. The molecule has 0 unspecified atom stereocenters. The Morgan fingerprint density at radius 2 is 1.72 bits per heavy atom. The average molecular weight is 477 g/mol. The molecular weight excluding hydrogens is 461 g/mol. The smallest absolute Gasteiger partial charge is 0.341 e. The summed E-state index contributed by atoms with van der Waals surface area (Å²) in [5.41, 5.74) is 1.18. The minimum absolute atomic E-state index is 0.0520. The number of ether oxygens (including phenoxy) is 2. The molecule has 1 N–H and O–H groups in total. The average Bonchev–Trinajstić information content (AvgIpc) is 3.24. The molecule has 1 aromatic heterocycles. The van der Waals surface area contributed by atoms with Crippen molar-refractivity contribution in [3.63, 3.8) is 0 Å². The number of hydrogen-bond donors (Lipinski definition) is 1. The Labute approximate surface area is 186 Å². The number of hydrogen-bond acceptors (Lipinski definition) is 6. The number of anilines is 1. The summed E-state index contributed by atoms with van der Waals surface area (Å²) in [5.74, 6) is -1.95. The minimum Gasteiger partial charge on any atom is -0.462 e. The number of amides is 1. The molecule has 154 valence electrons. The van der Waals surface area contributed by atoms with Crippen LogP contribution in [-0.2, 0) is 27.1 Å². The maximum atomic E-state index is 12.3. The van der Waals surface area contributed by atoms with Gasteiger partial charge in [-0.05, 0) is 43.9 Å². The molecule has 6 nitrogen and oxygen atoms in total. The number of thiophene rings is 1. The second-order valence-electron chi connectivity index (χ2n) is 6.12. The van der Waals surface area contributed by atoms with E-state index in [4.69, 9.17) is 44.3 Å². The van der Waals surface area contributed by atoms with Gasteiger partial charge in [0.1, 0.15) is 5.00 Å². The normalized spacial score (nSPS) is 12.4. The highest BCUT2D eigenvalue weighted by molar-refractivity contribution is 7.17. The van der Waals surface area contributed by atoms with Crippen molar-refractivity contribution in [1.29, 1.82) is 0 Å². The van der Waals surface area contributed by atoms with Gasteiger partial charge < -0.3 is 14.8 Å². The predicted octanol–water partition coefficient (Wildman–Crippen LogP) is 5.17. The Morgan fingerprint density at radius 1 is 1.03 bits per heavy atom. The number of carbonyl (C=O) groups excluding carboxylic acids is 3. The quantitative estimate of drug-likeness (QED) is 0.459. The summed E-state index contributed by atoms with van der Waals surface area (Å²) in [7, 11) is 0. The van der Waals surface area contributed by atoms with E-state index in [9.17, 15) is 14.4 Å². The molecule has 0 atom stereocenters. The van der Waals surface area contributed by atoms with Crippen molar-refractivity contribution in [2.45, 2.75) is 26.2 Å². The number of fused-ring (bicyclic) bond motifs is 1. The van der Waals surface area contributed by atoms with Crippen LogP contribution in [-0.4, -0.2) is 31.1 Å². The first kappa shape index (κ1) is 21.9. The summed E-state index contributed by atoms with van der Waals surface area (Å²) < 4.78 is 10.1. The molecular formula is C19H16Cl3NO5S. The van der Waals surface area contributed by atoms with Gasteiger partial charge in [-0.1, -0.05) is 34.8 Å². The van der Waals surface area contributed by atoms with Crippen LogP contribution in [0.2, 0.25) is 15.1 Å². The van der Waals surface area contributed by atoms with Gasteiger partial charge in [0.15, 0.2) is 6.61 Å². The third-order valence-electron chi connectivity index (χ3n) is 4.24. The van der Waals surface area contributed by atoms with Crippen LogP contribution in [0.3, 0.4) is 0 Å². The lowest BCUT2D eigenvalue weighted by Gasteiger charge is -2.10. The van der Waals surface area contributed by atoms with E-state index in [0.29, 0.717) is 10.6 Å². The summed E-state index contributed by atoms with van der Waals surface area (Å²) in [6.45, 7) is 1.37. The van der Waals surface area contributed by atoms with E-state index in [-0.39, 0.29) is 27.2 Å². The van der Waals surface area contributed by atoms with Gasteiger partial charge in [-0.15, -0.1) is 11.3 Å². The lowest BCUT2D eigenvalue weighted by molar-refractivity contribution is -0.119. The van der Waals surface area contributed by atoms with Gasteiger partial charge in [0.25, 0.3) is 5.91 Å². The number of carbonyl (C=O) groups is 3. The Hall–Kier alpha value is -1.80. The molecule has 0 saturated heterocycles. The van der Waals surface area contributed by atoms with Gasteiger partial charge in [-0.3, -0.25) is 4.79 Å². The van der Waals surface area contributed by atoms with Crippen molar-refractivity contribution in [3.05, 3.63) is 48.8 Å². The van der Waals surface area contributed by atoms with E-state index in [1.165, 1.54) is 23.5 Å². The molecule has 1 aliphatic rings. The van der Waals surface area contributed by atoms with Gasteiger partial charge in [0.05, 0.1) is 32.8 Å². The SMILES string of the molecule is CCOC(=O)c1c(NC(=O)COC(=O)c2c(Cl)ccc(Cl)c2Cl)sc2c1CCC2. The molecule has 2 aromatic rings. The Morgan fingerprint density at radius 3 is 2.45 bits per heavy atom. The first-order valence-electron chi connectivity index (χ1n) is 8.75. The van der Waals surface area contributed by atoms with Crippen LogP contribution in [0.1, 0.15) is 44.5 Å². The first-order valence-corrected chi connectivity index (χ1v) is 10.7. The number of halogens is 3. The topological polar surface area (TPSA) is 81.7 Å². The highest BCUT2D eigenvalue weighted by atomic mass is 35.5. The van der Waals surface area contributed by atoms with Crippen LogP contribution in [0.4, 0.5) is 5.00 Å². The summed E-state index contributed by atoms with van der Waals surface area (Å²) in [4.78, 5) is 38.0. The summed E-state index contributed by atoms with van der Waals surface area (Å²) in [6, 6.07) is 2.86. The highest BCUT2D eigenvalue weighted by Gasteiger charge is 2.28.